The number of amides is 1. The van der Waals surface area contributed by atoms with Gasteiger partial charge in [0, 0.05) is 32.8 Å². The first-order valence-corrected chi connectivity index (χ1v) is 8.17. The van der Waals surface area contributed by atoms with Crippen LogP contribution in [0.5, 0.6) is 0 Å². The Morgan fingerprint density at radius 2 is 1.96 bits per heavy atom. The molecule has 0 aromatic rings. The van der Waals surface area contributed by atoms with E-state index in [1.165, 1.54) is 0 Å². The maximum absolute atomic E-state index is 13.1. The van der Waals surface area contributed by atoms with Gasteiger partial charge in [-0.25, -0.2) is 0 Å². The first kappa shape index (κ1) is 22.9. The predicted molar refractivity (Wildman–Crippen MR) is 98.8 cm³/mol. The van der Waals surface area contributed by atoms with Gasteiger partial charge in [0.1, 0.15) is 0 Å². The molecule has 2 saturated heterocycles. The second-order valence-electron chi connectivity index (χ2n) is 6.89. The van der Waals surface area contributed by atoms with Gasteiger partial charge in [0.15, 0.2) is 0 Å². The Balaban J connectivity index is 0.00000242. The number of piperidine rings is 2. The van der Waals surface area contributed by atoms with Gasteiger partial charge in [0.05, 0.1) is 12.0 Å². The third-order valence-electron chi connectivity index (χ3n) is 5.48. The summed E-state index contributed by atoms with van der Waals surface area (Å²) in [5.41, 5.74) is -0.318. The highest BCUT2D eigenvalue weighted by atomic mass is 35.5. The molecule has 2 aliphatic rings. The Hall–Kier alpha value is -0.0700. The zero-order valence-electron chi connectivity index (χ0n) is 14.8. The summed E-state index contributed by atoms with van der Waals surface area (Å²) in [7, 11) is 5.86. The summed E-state index contributed by atoms with van der Waals surface area (Å²) in [4.78, 5) is 17.5. The fourth-order valence-electron chi connectivity index (χ4n) is 3.76. The largest absolute Gasteiger partial charge is 0.384 e. The Labute approximate surface area is 153 Å². The monoisotopic (exact) mass is 369 g/mol. The van der Waals surface area contributed by atoms with Crippen LogP contribution < -0.4 is 5.32 Å². The first-order chi connectivity index (χ1) is 10.00. The van der Waals surface area contributed by atoms with Crippen molar-refractivity contribution in [3.05, 3.63) is 0 Å². The molecule has 1 N–H and O–H groups in total. The minimum atomic E-state index is -0.318. The number of rotatable bonds is 4. The van der Waals surface area contributed by atoms with E-state index in [9.17, 15) is 4.79 Å². The van der Waals surface area contributed by atoms with E-state index >= 15 is 0 Å². The average molecular weight is 370 g/mol. The lowest BCUT2D eigenvalue weighted by atomic mass is 9.77. The van der Waals surface area contributed by atoms with Crippen LogP contribution in [0.1, 0.15) is 32.6 Å². The SMILES string of the molecule is COCC1(C(=O)N(C)C2CCN(C)C(C)C2)CCNCC1.Cl.Cl. The van der Waals surface area contributed by atoms with Gasteiger partial charge < -0.3 is 19.9 Å². The molecule has 2 aliphatic heterocycles. The van der Waals surface area contributed by atoms with Crippen molar-refractivity contribution in [3.63, 3.8) is 0 Å². The highest BCUT2D eigenvalue weighted by Crippen LogP contribution is 2.33. The molecule has 2 fully saturated rings. The summed E-state index contributed by atoms with van der Waals surface area (Å²) in [6.07, 6.45) is 3.91. The predicted octanol–water partition coefficient (Wildman–Crippen LogP) is 1.79. The number of carbonyl (C=O) groups excluding carboxylic acids is 1. The molecule has 1 amide bonds. The second-order valence-corrected chi connectivity index (χ2v) is 6.89. The number of methoxy groups -OCH3 is 1. The van der Waals surface area contributed by atoms with Crippen molar-refractivity contribution >= 4 is 30.7 Å². The van der Waals surface area contributed by atoms with Gasteiger partial charge in [-0.05, 0) is 52.7 Å². The molecule has 0 aromatic heterocycles. The van der Waals surface area contributed by atoms with Gasteiger partial charge >= 0.3 is 0 Å². The van der Waals surface area contributed by atoms with E-state index in [1.807, 2.05) is 11.9 Å². The minimum Gasteiger partial charge on any atom is -0.384 e. The molecular formula is C16H33Cl2N3O2. The topological polar surface area (TPSA) is 44.8 Å². The summed E-state index contributed by atoms with van der Waals surface area (Å²) in [5.74, 6) is 0.285. The number of halogens is 2. The molecule has 0 saturated carbocycles. The van der Waals surface area contributed by atoms with Gasteiger partial charge in [0.2, 0.25) is 5.91 Å². The van der Waals surface area contributed by atoms with Gasteiger partial charge in [-0.2, -0.15) is 0 Å². The lowest BCUT2D eigenvalue weighted by Gasteiger charge is -2.44. The maximum atomic E-state index is 13.1. The van der Waals surface area contributed by atoms with E-state index in [4.69, 9.17) is 4.74 Å². The van der Waals surface area contributed by atoms with Gasteiger partial charge in [0.25, 0.3) is 0 Å². The van der Waals surface area contributed by atoms with Crippen molar-refractivity contribution in [1.29, 1.82) is 0 Å². The molecular weight excluding hydrogens is 337 g/mol. The smallest absolute Gasteiger partial charge is 0.231 e. The van der Waals surface area contributed by atoms with Crippen LogP contribution in [-0.2, 0) is 9.53 Å². The number of nitrogens with zero attached hydrogens (tertiary/aromatic N) is 2. The molecule has 23 heavy (non-hydrogen) atoms. The van der Waals surface area contributed by atoms with E-state index < -0.39 is 0 Å². The first-order valence-electron chi connectivity index (χ1n) is 8.17. The molecule has 0 aliphatic carbocycles. The number of hydrogen-bond acceptors (Lipinski definition) is 4. The molecule has 0 spiro atoms. The van der Waals surface area contributed by atoms with E-state index in [-0.39, 0.29) is 36.1 Å². The fourth-order valence-corrected chi connectivity index (χ4v) is 3.76. The molecule has 0 aromatic carbocycles. The summed E-state index contributed by atoms with van der Waals surface area (Å²) in [6, 6.07) is 0.915. The third-order valence-corrected chi connectivity index (χ3v) is 5.48. The fraction of sp³-hybridized carbons (Fsp3) is 0.938. The zero-order chi connectivity index (χ0) is 15.5. The van der Waals surface area contributed by atoms with Gasteiger partial charge in [-0.3, -0.25) is 4.79 Å². The average Bonchev–Trinajstić information content (AvgIpc) is 2.50. The quantitative estimate of drug-likeness (QED) is 0.820. The number of hydrogen-bond donors (Lipinski definition) is 1. The minimum absolute atomic E-state index is 0. The van der Waals surface area contributed by atoms with Crippen LogP contribution in [0.15, 0.2) is 0 Å². The van der Waals surface area contributed by atoms with Crippen LogP contribution in [0.25, 0.3) is 0 Å². The number of nitrogens with one attached hydrogen (secondary N) is 1. The third kappa shape index (κ3) is 5.20. The van der Waals surface area contributed by atoms with Crippen LogP contribution >= 0.6 is 24.8 Å². The number of likely N-dealkylation sites (tertiary alicyclic amines) is 1. The molecule has 2 rings (SSSR count). The maximum Gasteiger partial charge on any atom is 0.231 e. The van der Waals surface area contributed by atoms with Crippen LogP contribution in [0.4, 0.5) is 0 Å². The Morgan fingerprint density at radius 3 is 2.48 bits per heavy atom. The van der Waals surface area contributed by atoms with Gasteiger partial charge in [-0.15, -0.1) is 24.8 Å². The van der Waals surface area contributed by atoms with E-state index in [0.717, 1.165) is 45.3 Å². The molecule has 5 nitrogen and oxygen atoms in total. The van der Waals surface area contributed by atoms with Crippen molar-refractivity contribution in [3.8, 4) is 0 Å². The van der Waals surface area contributed by atoms with Crippen LogP contribution in [0.2, 0.25) is 0 Å². The highest BCUT2D eigenvalue weighted by molar-refractivity contribution is 5.85. The molecule has 7 heteroatoms. The van der Waals surface area contributed by atoms with Crippen molar-refractivity contribution < 1.29 is 9.53 Å². The highest BCUT2D eigenvalue weighted by Gasteiger charge is 2.43. The summed E-state index contributed by atoms with van der Waals surface area (Å²) >= 11 is 0. The standard InChI is InChI=1S/C16H31N3O2.2ClH/c1-13-11-14(5-10-18(13)2)19(3)15(20)16(12-21-4)6-8-17-9-7-16;;/h13-14,17H,5-12H2,1-4H3;2*1H. The summed E-state index contributed by atoms with van der Waals surface area (Å²) in [6.45, 7) is 5.68. The molecule has 2 unspecified atom stereocenters. The Kier molecular flexibility index (Phi) is 10.0. The van der Waals surface area contributed by atoms with E-state index in [1.54, 1.807) is 7.11 Å². The lowest BCUT2D eigenvalue weighted by Crippen LogP contribution is -2.55. The van der Waals surface area contributed by atoms with Crippen molar-refractivity contribution in [2.45, 2.75) is 44.7 Å². The summed E-state index contributed by atoms with van der Waals surface area (Å²) in [5, 5.41) is 3.35. The summed E-state index contributed by atoms with van der Waals surface area (Å²) < 4.78 is 5.40. The molecule has 2 atom stereocenters. The zero-order valence-corrected chi connectivity index (χ0v) is 16.5. The van der Waals surface area contributed by atoms with Crippen LogP contribution in [-0.4, -0.2) is 75.2 Å². The normalized spacial score (nSPS) is 27.5. The molecule has 138 valence electrons. The van der Waals surface area contributed by atoms with Crippen molar-refractivity contribution in [2.24, 2.45) is 5.41 Å². The molecule has 2 heterocycles. The van der Waals surface area contributed by atoms with E-state index in [0.29, 0.717) is 18.7 Å². The number of carbonyl (C=O) groups is 1. The van der Waals surface area contributed by atoms with Crippen LogP contribution in [0, 0.1) is 5.41 Å². The van der Waals surface area contributed by atoms with Gasteiger partial charge in [-0.1, -0.05) is 0 Å². The second kappa shape index (κ2) is 10.0. The van der Waals surface area contributed by atoms with Crippen molar-refractivity contribution in [1.82, 2.24) is 15.1 Å². The lowest BCUT2D eigenvalue weighted by molar-refractivity contribution is -0.149. The van der Waals surface area contributed by atoms with Crippen LogP contribution in [0.3, 0.4) is 0 Å². The molecule has 0 bridgehead atoms. The number of ether oxygens (including phenoxy) is 1. The Morgan fingerprint density at radius 1 is 1.35 bits per heavy atom. The Bertz CT molecular complexity index is 360. The van der Waals surface area contributed by atoms with Crippen molar-refractivity contribution in [2.75, 3.05) is 47.4 Å². The van der Waals surface area contributed by atoms with E-state index in [2.05, 4.69) is 24.2 Å². The molecule has 0 radical (unpaired) electrons.